The van der Waals surface area contributed by atoms with E-state index in [1.54, 1.807) is 0 Å². The fraction of sp³-hybridized carbons (Fsp3) is 0. The summed E-state index contributed by atoms with van der Waals surface area (Å²) >= 11 is 0. The number of nitrogens with two attached hydrogens (primary N) is 1. The van der Waals surface area contributed by atoms with Gasteiger partial charge in [0.25, 0.3) is 0 Å². The Labute approximate surface area is 170 Å². The fourth-order valence-corrected chi connectivity index (χ4v) is 4.82. The van der Waals surface area contributed by atoms with Crippen molar-refractivity contribution in [3.05, 3.63) is 73.1 Å². The molecular weight excluding hydrogens is 370 g/mol. The van der Waals surface area contributed by atoms with Gasteiger partial charge < -0.3 is 10.7 Å². The van der Waals surface area contributed by atoms with E-state index in [0.29, 0.717) is 17.0 Å². The van der Waals surface area contributed by atoms with E-state index in [1.165, 1.54) is 44.0 Å². The molecular formula is C25H15N5. The minimum Gasteiger partial charge on any atom is -0.382 e. The lowest BCUT2D eigenvalue weighted by atomic mass is 9.87. The van der Waals surface area contributed by atoms with Crippen molar-refractivity contribution in [2.45, 2.75) is 0 Å². The summed E-state index contributed by atoms with van der Waals surface area (Å²) in [7, 11) is 0. The first-order chi connectivity index (χ1) is 14.8. The average Bonchev–Trinajstić information content (AvgIpc) is 3.22. The van der Waals surface area contributed by atoms with Gasteiger partial charge in [0.1, 0.15) is 17.7 Å². The van der Waals surface area contributed by atoms with Crippen LogP contribution in [-0.4, -0.2) is 19.9 Å². The summed E-state index contributed by atoms with van der Waals surface area (Å²) in [5.74, 6) is 1.16. The highest BCUT2D eigenvalue weighted by molar-refractivity contribution is 6.33. The molecule has 7 rings (SSSR count). The third-order valence-corrected chi connectivity index (χ3v) is 6.09. The number of hydrogen-bond donors (Lipinski definition) is 2. The van der Waals surface area contributed by atoms with Crippen LogP contribution in [0.4, 0.5) is 5.82 Å². The lowest BCUT2D eigenvalue weighted by Gasteiger charge is -2.16. The summed E-state index contributed by atoms with van der Waals surface area (Å²) in [6.07, 6.45) is 1.45. The quantitative estimate of drug-likeness (QED) is 0.282. The van der Waals surface area contributed by atoms with Crippen LogP contribution in [0.5, 0.6) is 0 Å². The Morgan fingerprint density at radius 1 is 0.667 bits per heavy atom. The zero-order valence-electron chi connectivity index (χ0n) is 15.8. The molecule has 0 spiro atoms. The molecule has 7 aromatic rings. The van der Waals surface area contributed by atoms with Gasteiger partial charge in [-0.1, -0.05) is 66.7 Å². The number of H-pyrrole nitrogens is 1. The molecule has 2 aromatic heterocycles. The van der Waals surface area contributed by atoms with E-state index in [-0.39, 0.29) is 0 Å². The van der Waals surface area contributed by atoms with Gasteiger partial charge in [-0.05, 0) is 43.1 Å². The predicted octanol–water partition coefficient (Wildman–Crippen LogP) is 5.65. The molecule has 0 aliphatic heterocycles. The van der Waals surface area contributed by atoms with Crippen LogP contribution in [0.2, 0.25) is 0 Å². The number of hydrogen-bond acceptors (Lipinski definition) is 4. The van der Waals surface area contributed by atoms with Crippen LogP contribution in [-0.2, 0) is 0 Å². The van der Waals surface area contributed by atoms with E-state index in [4.69, 9.17) is 10.7 Å². The first kappa shape index (κ1) is 15.6. The van der Waals surface area contributed by atoms with Gasteiger partial charge in [0.2, 0.25) is 0 Å². The highest BCUT2D eigenvalue weighted by atomic mass is 15.0. The van der Waals surface area contributed by atoms with Crippen LogP contribution in [0.3, 0.4) is 0 Å². The largest absolute Gasteiger partial charge is 0.382 e. The van der Waals surface area contributed by atoms with E-state index in [2.05, 4.69) is 81.7 Å². The molecule has 0 radical (unpaired) electrons. The molecule has 0 bridgehead atoms. The zero-order valence-corrected chi connectivity index (χ0v) is 15.8. The van der Waals surface area contributed by atoms with E-state index in [1.807, 2.05) is 0 Å². The molecule has 2 heterocycles. The van der Waals surface area contributed by atoms with Crippen LogP contribution in [0.25, 0.3) is 65.6 Å². The van der Waals surface area contributed by atoms with E-state index in [0.717, 1.165) is 16.8 Å². The van der Waals surface area contributed by atoms with Crippen LogP contribution >= 0.6 is 0 Å². The first-order valence-corrected chi connectivity index (χ1v) is 9.84. The fourth-order valence-electron chi connectivity index (χ4n) is 4.82. The first-order valence-electron chi connectivity index (χ1n) is 9.84. The molecule has 140 valence electrons. The number of benzene rings is 5. The topological polar surface area (TPSA) is 80.5 Å². The molecule has 30 heavy (non-hydrogen) atoms. The molecule has 0 saturated heterocycles. The summed E-state index contributed by atoms with van der Waals surface area (Å²) < 4.78 is 0. The lowest BCUT2D eigenvalue weighted by molar-refractivity contribution is 1.21. The van der Waals surface area contributed by atoms with Gasteiger partial charge in [0.15, 0.2) is 11.5 Å². The normalized spacial score (nSPS) is 12.1. The van der Waals surface area contributed by atoms with Crippen molar-refractivity contribution in [2.75, 3.05) is 5.73 Å². The maximum absolute atomic E-state index is 6.07. The van der Waals surface area contributed by atoms with Gasteiger partial charge in [-0.15, -0.1) is 0 Å². The van der Waals surface area contributed by atoms with Crippen LogP contribution in [0.1, 0.15) is 0 Å². The maximum atomic E-state index is 6.07. The van der Waals surface area contributed by atoms with Crippen molar-refractivity contribution in [2.24, 2.45) is 0 Å². The van der Waals surface area contributed by atoms with Crippen molar-refractivity contribution in [1.29, 1.82) is 0 Å². The lowest BCUT2D eigenvalue weighted by Crippen LogP contribution is -1.92. The summed E-state index contributed by atoms with van der Waals surface area (Å²) in [4.78, 5) is 16.6. The Balaban J connectivity index is 1.76. The van der Waals surface area contributed by atoms with Crippen LogP contribution < -0.4 is 5.73 Å². The molecule has 0 unspecified atom stereocenters. The van der Waals surface area contributed by atoms with E-state index < -0.39 is 0 Å². The summed E-state index contributed by atoms with van der Waals surface area (Å²) in [5.41, 5.74) is 8.38. The number of imidazole rings is 1. The van der Waals surface area contributed by atoms with Gasteiger partial charge in [-0.3, -0.25) is 0 Å². The second-order valence-electron chi connectivity index (χ2n) is 7.64. The molecule has 0 atom stereocenters. The highest BCUT2D eigenvalue weighted by Crippen LogP contribution is 2.44. The summed E-state index contributed by atoms with van der Waals surface area (Å²) in [6.45, 7) is 0. The number of nitrogens with one attached hydrogen (secondary N) is 1. The number of aromatic amines is 1. The minimum atomic E-state index is 0.403. The van der Waals surface area contributed by atoms with Crippen molar-refractivity contribution in [1.82, 2.24) is 19.9 Å². The molecule has 5 nitrogen and oxygen atoms in total. The average molecular weight is 385 g/mol. The van der Waals surface area contributed by atoms with E-state index >= 15 is 0 Å². The second kappa shape index (κ2) is 5.42. The molecule has 0 aliphatic carbocycles. The monoisotopic (exact) mass is 385 g/mol. The van der Waals surface area contributed by atoms with Crippen LogP contribution in [0.15, 0.2) is 73.1 Å². The van der Waals surface area contributed by atoms with Gasteiger partial charge in [0, 0.05) is 5.56 Å². The second-order valence-corrected chi connectivity index (χ2v) is 7.64. The third-order valence-electron chi connectivity index (χ3n) is 6.09. The van der Waals surface area contributed by atoms with Gasteiger partial charge in [-0.2, -0.15) is 0 Å². The summed E-state index contributed by atoms with van der Waals surface area (Å²) in [6, 6.07) is 23.8. The van der Waals surface area contributed by atoms with Crippen molar-refractivity contribution < 1.29 is 0 Å². The highest BCUT2D eigenvalue weighted by Gasteiger charge is 2.19. The molecule has 5 aromatic carbocycles. The van der Waals surface area contributed by atoms with Crippen LogP contribution in [0, 0.1) is 0 Å². The standard InChI is InChI=1S/C25H15N5/c26-23-22-25(28-12-27-23)30-24(29-22)21-16-7-2-1-6-15(16)17-10-8-13-4-3-5-14-9-11-18(21)20(17)19(13)14/h1-12H,(H3,26,27,28,29,30). The number of rotatable bonds is 1. The number of anilines is 1. The van der Waals surface area contributed by atoms with Crippen molar-refractivity contribution in [3.8, 4) is 11.4 Å². The molecule has 5 heteroatoms. The smallest absolute Gasteiger partial charge is 0.183 e. The van der Waals surface area contributed by atoms with Crippen molar-refractivity contribution >= 4 is 60.1 Å². The van der Waals surface area contributed by atoms with Gasteiger partial charge in [-0.25, -0.2) is 15.0 Å². The Kier molecular flexibility index (Phi) is 2.83. The SMILES string of the molecule is Nc1ncnc2nc(-c3c4ccccc4c4ccc5cccc6ccc3c4c65)[nH]c12. The Morgan fingerprint density at radius 3 is 2.23 bits per heavy atom. The molecule has 3 N–H and O–H groups in total. The Bertz CT molecular complexity index is 1750. The molecule has 0 fully saturated rings. The van der Waals surface area contributed by atoms with Gasteiger partial charge in [0.05, 0.1) is 0 Å². The maximum Gasteiger partial charge on any atom is 0.183 e. The third kappa shape index (κ3) is 1.89. The molecule has 0 saturated carbocycles. The minimum absolute atomic E-state index is 0.403. The Hall–Kier alpha value is -4.25. The zero-order chi connectivity index (χ0) is 19.8. The number of fused-ring (bicyclic) bond motifs is 3. The molecule has 0 aliphatic rings. The van der Waals surface area contributed by atoms with Crippen molar-refractivity contribution in [3.63, 3.8) is 0 Å². The number of aromatic nitrogens is 4. The Morgan fingerprint density at radius 2 is 1.43 bits per heavy atom. The summed E-state index contributed by atoms with van der Waals surface area (Å²) in [5, 5.41) is 9.81. The van der Waals surface area contributed by atoms with Gasteiger partial charge >= 0.3 is 0 Å². The van der Waals surface area contributed by atoms with E-state index in [9.17, 15) is 0 Å². The molecule has 0 amide bonds. The number of nitrogens with zero attached hydrogens (tertiary/aromatic N) is 3. The predicted molar refractivity (Wildman–Crippen MR) is 123 cm³/mol. The number of nitrogen functional groups attached to an aromatic ring is 1.